The van der Waals surface area contributed by atoms with Gasteiger partial charge in [-0.25, -0.2) is 4.79 Å². The van der Waals surface area contributed by atoms with Crippen LogP contribution in [0.15, 0.2) is 0 Å². The second-order valence-electron chi connectivity index (χ2n) is 6.29. The SMILES string of the molecule is CC(N)C(=O)NC(CO)C(=O)N1CCCC1C(=O)NC(CC(N)=O)C(=O)O. The molecule has 0 aromatic rings. The van der Waals surface area contributed by atoms with Gasteiger partial charge in [0.15, 0.2) is 0 Å². The van der Waals surface area contributed by atoms with E-state index < -0.39 is 66.8 Å². The summed E-state index contributed by atoms with van der Waals surface area (Å²) in [6, 6.07) is -4.68. The fourth-order valence-corrected chi connectivity index (χ4v) is 2.66. The van der Waals surface area contributed by atoms with Gasteiger partial charge in [0, 0.05) is 6.54 Å². The van der Waals surface area contributed by atoms with E-state index in [4.69, 9.17) is 16.6 Å². The summed E-state index contributed by atoms with van der Waals surface area (Å²) in [7, 11) is 0. The Bertz CT molecular complexity index is 609. The zero-order chi connectivity index (χ0) is 20.7. The van der Waals surface area contributed by atoms with Crippen molar-refractivity contribution in [2.45, 2.75) is 50.4 Å². The van der Waals surface area contributed by atoms with E-state index in [1.165, 1.54) is 6.92 Å². The van der Waals surface area contributed by atoms with Crippen LogP contribution in [0.1, 0.15) is 26.2 Å². The van der Waals surface area contributed by atoms with Gasteiger partial charge in [0.25, 0.3) is 0 Å². The highest BCUT2D eigenvalue weighted by molar-refractivity contribution is 5.95. The molecule has 0 bridgehead atoms. The van der Waals surface area contributed by atoms with Crippen LogP contribution in [-0.4, -0.2) is 82.0 Å². The minimum atomic E-state index is -1.51. The number of nitrogens with two attached hydrogens (primary N) is 2. The number of nitrogens with zero attached hydrogens (tertiary/aromatic N) is 1. The monoisotopic (exact) mass is 387 g/mol. The van der Waals surface area contributed by atoms with E-state index in [9.17, 15) is 29.1 Å². The average molecular weight is 387 g/mol. The van der Waals surface area contributed by atoms with Crippen molar-refractivity contribution < 1.29 is 34.2 Å². The van der Waals surface area contributed by atoms with Crippen molar-refractivity contribution >= 4 is 29.6 Å². The predicted octanol–water partition coefficient (Wildman–Crippen LogP) is -3.75. The summed E-state index contributed by atoms with van der Waals surface area (Å²) >= 11 is 0. The van der Waals surface area contributed by atoms with Crippen LogP contribution >= 0.6 is 0 Å². The Morgan fingerprint density at radius 1 is 1.19 bits per heavy atom. The van der Waals surface area contributed by atoms with Crippen molar-refractivity contribution in [3.63, 3.8) is 0 Å². The Balaban J connectivity index is 2.84. The Morgan fingerprint density at radius 3 is 2.30 bits per heavy atom. The maximum Gasteiger partial charge on any atom is 0.326 e. The molecule has 152 valence electrons. The smallest absolute Gasteiger partial charge is 0.326 e. The molecule has 1 aliphatic rings. The Kier molecular flexibility index (Phi) is 8.12. The lowest BCUT2D eigenvalue weighted by Gasteiger charge is -2.29. The van der Waals surface area contributed by atoms with Crippen molar-refractivity contribution in [1.29, 1.82) is 0 Å². The molecular formula is C15H25N5O7. The molecule has 1 saturated heterocycles. The Labute approximate surface area is 155 Å². The summed E-state index contributed by atoms with van der Waals surface area (Å²) in [4.78, 5) is 59.9. The highest BCUT2D eigenvalue weighted by Gasteiger charge is 2.39. The first-order valence-electron chi connectivity index (χ1n) is 8.37. The van der Waals surface area contributed by atoms with Gasteiger partial charge in [-0.2, -0.15) is 0 Å². The van der Waals surface area contributed by atoms with E-state index >= 15 is 0 Å². The summed E-state index contributed by atoms with van der Waals surface area (Å²) in [5.74, 6) is -4.43. The lowest BCUT2D eigenvalue weighted by Crippen LogP contribution is -2.57. The third-order valence-corrected chi connectivity index (χ3v) is 4.07. The van der Waals surface area contributed by atoms with Crippen LogP contribution in [0.3, 0.4) is 0 Å². The fourth-order valence-electron chi connectivity index (χ4n) is 2.66. The molecule has 4 unspecified atom stereocenters. The normalized spacial score (nSPS) is 19.7. The standard InChI is InChI=1S/C15H25N5O7/c1-7(16)12(23)19-9(6-21)14(25)20-4-2-3-10(20)13(24)18-8(15(26)27)5-11(17)22/h7-10,21H,2-6,16H2,1H3,(H2,17,22)(H,18,24)(H,19,23)(H,26,27). The van der Waals surface area contributed by atoms with Gasteiger partial charge in [-0.05, 0) is 19.8 Å². The van der Waals surface area contributed by atoms with Gasteiger partial charge in [-0.3, -0.25) is 19.2 Å². The molecule has 12 heteroatoms. The number of aliphatic carboxylic acids is 1. The van der Waals surface area contributed by atoms with Crippen LogP contribution in [0.25, 0.3) is 0 Å². The number of carboxylic acid groups (broad SMARTS) is 1. The van der Waals surface area contributed by atoms with Gasteiger partial charge in [0.1, 0.15) is 18.1 Å². The van der Waals surface area contributed by atoms with Crippen molar-refractivity contribution in [2.75, 3.05) is 13.2 Å². The Hall–Kier alpha value is -2.73. The van der Waals surface area contributed by atoms with Gasteiger partial charge >= 0.3 is 5.97 Å². The molecule has 8 N–H and O–H groups in total. The zero-order valence-electron chi connectivity index (χ0n) is 14.9. The first-order chi connectivity index (χ1) is 12.6. The molecule has 4 atom stereocenters. The molecule has 0 saturated carbocycles. The molecule has 27 heavy (non-hydrogen) atoms. The molecule has 1 heterocycles. The first kappa shape index (κ1) is 22.3. The molecule has 1 aliphatic heterocycles. The number of likely N-dealkylation sites (tertiary alicyclic amines) is 1. The van der Waals surface area contributed by atoms with Gasteiger partial charge in [-0.15, -0.1) is 0 Å². The third kappa shape index (κ3) is 6.18. The van der Waals surface area contributed by atoms with Crippen LogP contribution in [0.4, 0.5) is 0 Å². The van der Waals surface area contributed by atoms with E-state index in [1.54, 1.807) is 0 Å². The fraction of sp³-hybridized carbons (Fsp3) is 0.667. The van der Waals surface area contributed by atoms with Crippen molar-refractivity contribution in [3.05, 3.63) is 0 Å². The van der Waals surface area contributed by atoms with Crippen molar-refractivity contribution in [2.24, 2.45) is 11.5 Å². The van der Waals surface area contributed by atoms with E-state index in [0.29, 0.717) is 6.42 Å². The summed E-state index contributed by atoms with van der Waals surface area (Å²) < 4.78 is 0. The topological polar surface area (TPSA) is 205 Å². The van der Waals surface area contributed by atoms with Gasteiger partial charge in [0.2, 0.25) is 23.6 Å². The number of aliphatic hydroxyl groups is 1. The van der Waals surface area contributed by atoms with E-state index in [1.807, 2.05) is 0 Å². The Morgan fingerprint density at radius 2 is 1.81 bits per heavy atom. The molecule has 0 spiro atoms. The van der Waals surface area contributed by atoms with Gasteiger partial charge in [0.05, 0.1) is 19.1 Å². The van der Waals surface area contributed by atoms with Crippen LogP contribution in [0, 0.1) is 0 Å². The summed E-state index contributed by atoms with van der Waals surface area (Å²) in [6.45, 7) is 0.904. The maximum absolute atomic E-state index is 12.6. The molecule has 0 radical (unpaired) electrons. The zero-order valence-corrected chi connectivity index (χ0v) is 14.9. The number of hydrogen-bond acceptors (Lipinski definition) is 7. The van der Waals surface area contributed by atoms with Crippen molar-refractivity contribution in [1.82, 2.24) is 15.5 Å². The number of amides is 4. The quantitative estimate of drug-likeness (QED) is 0.231. The van der Waals surface area contributed by atoms with E-state index in [2.05, 4.69) is 10.6 Å². The number of rotatable bonds is 9. The predicted molar refractivity (Wildman–Crippen MR) is 90.8 cm³/mol. The lowest BCUT2D eigenvalue weighted by atomic mass is 10.1. The highest BCUT2D eigenvalue weighted by Crippen LogP contribution is 2.19. The minimum absolute atomic E-state index is 0.190. The molecule has 0 aromatic carbocycles. The lowest BCUT2D eigenvalue weighted by molar-refractivity contribution is -0.146. The third-order valence-electron chi connectivity index (χ3n) is 4.07. The van der Waals surface area contributed by atoms with Gasteiger partial charge in [-0.1, -0.05) is 0 Å². The summed E-state index contributed by atoms with van der Waals surface area (Å²) in [5, 5.41) is 23.0. The van der Waals surface area contributed by atoms with Gasteiger partial charge < -0.3 is 37.2 Å². The van der Waals surface area contributed by atoms with E-state index in [0.717, 1.165) is 4.90 Å². The van der Waals surface area contributed by atoms with Crippen molar-refractivity contribution in [3.8, 4) is 0 Å². The number of hydrogen-bond donors (Lipinski definition) is 6. The number of aliphatic hydroxyl groups excluding tert-OH is 1. The second kappa shape index (κ2) is 9.83. The number of carbonyl (C=O) groups is 5. The molecule has 12 nitrogen and oxygen atoms in total. The second-order valence-corrected chi connectivity index (χ2v) is 6.29. The molecule has 4 amide bonds. The van der Waals surface area contributed by atoms with Crippen LogP contribution in [0.2, 0.25) is 0 Å². The number of carbonyl (C=O) groups excluding carboxylic acids is 4. The number of carboxylic acids is 1. The maximum atomic E-state index is 12.6. The average Bonchev–Trinajstić information content (AvgIpc) is 3.07. The van der Waals surface area contributed by atoms with E-state index in [-0.39, 0.29) is 13.0 Å². The van der Waals surface area contributed by atoms with Crippen LogP contribution < -0.4 is 22.1 Å². The molecular weight excluding hydrogens is 362 g/mol. The summed E-state index contributed by atoms with van der Waals surface area (Å²) in [6.07, 6.45) is 0.141. The molecule has 1 fully saturated rings. The number of primary amides is 1. The summed E-state index contributed by atoms with van der Waals surface area (Å²) in [5.41, 5.74) is 10.4. The highest BCUT2D eigenvalue weighted by atomic mass is 16.4. The molecule has 1 rings (SSSR count). The largest absolute Gasteiger partial charge is 0.480 e. The first-order valence-corrected chi connectivity index (χ1v) is 8.37. The van der Waals surface area contributed by atoms with Crippen LogP contribution in [-0.2, 0) is 24.0 Å². The minimum Gasteiger partial charge on any atom is -0.480 e. The molecule has 0 aliphatic carbocycles. The molecule has 0 aromatic heterocycles. The van der Waals surface area contributed by atoms with Crippen LogP contribution in [0.5, 0.6) is 0 Å². The number of nitrogens with one attached hydrogen (secondary N) is 2.